The number of nitrogens with one attached hydrogen (secondary N) is 1. The fourth-order valence-corrected chi connectivity index (χ4v) is 3.08. The molecule has 0 aliphatic rings. The summed E-state index contributed by atoms with van der Waals surface area (Å²) in [4.78, 5) is 23.4. The number of carbonyl (C=O) groups excluding carboxylic acids is 1. The van der Waals surface area contributed by atoms with Crippen molar-refractivity contribution in [1.29, 1.82) is 0 Å². The molecule has 0 saturated heterocycles. The highest BCUT2D eigenvalue weighted by molar-refractivity contribution is 7.90. The van der Waals surface area contributed by atoms with E-state index in [-0.39, 0.29) is 16.1 Å². The molecule has 1 N–H and O–H groups in total. The van der Waals surface area contributed by atoms with Gasteiger partial charge in [0.25, 0.3) is 11.6 Å². The highest BCUT2D eigenvalue weighted by Gasteiger charge is 2.26. The van der Waals surface area contributed by atoms with Crippen LogP contribution in [0.1, 0.15) is 36.7 Å². The molecule has 0 fully saturated rings. The molecule has 0 saturated carbocycles. The maximum atomic E-state index is 12.4. The molecule has 1 amide bonds. The molecule has 138 valence electrons. The van der Waals surface area contributed by atoms with E-state index in [1.807, 2.05) is 20.8 Å². The molecule has 2 aromatic carbocycles. The Hall–Kier alpha value is -2.74. The molecule has 0 radical (unpaired) electrons. The second-order valence-electron chi connectivity index (χ2n) is 6.99. The molecule has 0 aliphatic heterocycles. The van der Waals surface area contributed by atoms with Gasteiger partial charge >= 0.3 is 0 Å². The number of anilines is 1. The predicted molar refractivity (Wildman–Crippen MR) is 99.3 cm³/mol. The average molecular weight is 376 g/mol. The summed E-state index contributed by atoms with van der Waals surface area (Å²) in [7, 11) is -3.32. The number of amides is 1. The SMILES string of the molecule is CC(C)(C)c1ccc(C(=O)Nc2ccc(S(C)(=O)=O)cc2)cc1[N+](=O)[O-]. The first-order chi connectivity index (χ1) is 11.9. The number of hydrogen-bond acceptors (Lipinski definition) is 5. The van der Waals surface area contributed by atoms with Crippen molar-refractivity contribution in [2.24, 2.45) is 0 Å². The predicted octanol–water partition coefficient (Wildman–Crippen LogP) is 3.55. The molecule has 0 unspecified atom stereocenters. The normalized spacial score (nSPS) is 11.8. The lowest BCUT2D eigenvalue weighted by Crippen LogP contribution is -2.16. The molecule has 0 atom stereocenters. The van der Waals surface area contributed by atoms with E-state index < -0.39 is 26.1 Å². The van der Waals surface area contributed by atoms with E-state index in [9.17, 15) is 23.3 Å². The molecule has 0 spiro atoms. The summed E-state index contributed by atoms with van der Waals surface area (Å²) in [6.45, 7) is 5.58. The van der Waals surface area contributed by atoms with Gasteiger partial charge in [-0.05, 0) is 35.7 Å². The molecule has 2 rings (SSSR count). The van der Waals surface area contributed by atoms with E-state index in [1.165, 1.54) is 36.4 Å². The van der Waals surface area contributed by atoms with Gasteiger partial charge in [-0.1, -0.05) is 26.8 Å². The minimum absolute atomic E-state index is 0.113. The summed E-state index contributed by atoms with van der Waals surface area (Å²) >= 11 is 0. The summed E-state index contributed by atoms with van der Waals surface area (Å²) in [5.74, 6) is -0.513. The van der Waals surface area contributed by atoms with Crippen molar-refractivity contribution in [2.75, 3.05) is 11.6 Å². The van der Waals surface area contributed by atoms with E-state index in [4.69, 9.17) is 0 Å². The third-order valence-electron chi connectivity index (χ3n) is 3.80. The van der Waals surface area contributed by atoms with E-state index >= 15 is 0 Å². The molecule has 7 nitrogen and oxygen atoms in total. The summed E-state index contributed by atoms with van der Waals surface area (Å²) in [5.41, 5.74) is 0.537. The van der Waals surface area contributed by atoms with Crippen molar-refractivity contribution in [3.8, 4) is 0 Å². The maximum absolute atomic E-state index is 12.4. The van der Waals surface area contributed by atoms with Crippen LogP contribution in [0.3, 0.4) is 0 Å². The first-order valence-electron chi connectivity index (χ1n) is 7.80. The zero-order chi connectivity index (χ0) is 19.7. The molecule has 26 heavy (non-hydrogen) atoms. The van der Waals surface area contributed by atoms with Crippen LogP contribution in [0, 0.1) is 10.1 Å². The zero-order valence-corrected chi connectivity index (χ0v) is 15.8. The van der Waals surface area contributed by atoms with Crippen LogP contribution in [0.2, 0.25) is 0 Å². The monoisotopic (exact) mass is 376 g/mol. The van der Waals surface area contributed by atoms with Crippen LogP contribution in [0.4, 0.5) is 11.4 Å². The smallest absolute Gasteiger partial charge is 0.273 e. The Kier molecular flexibility index (Phi) is 5.18. The Labute approximate surface area is 152 Å². The van der Waals surface area contributed by atoms with Crippen LogP contribution in [-0.4, -0.2) is 25.5 Å². The second-order valence-corrected chi connectivity index (χ2v) is 9.01. The molecular formula is C18H20N2O5S. The Balaban J connectivity index is 2.30. The van der Waals surface area contributed by atoms with Gasteiger partial charge in [-0.25, -0.2) is 8.42 Å². The Morgan fingerprint density at radius 3 is 2.12 bits per heavy atom. The molecule has 0 aliphatic carbocycles. The van der Waals surface area contributed by atoms with Gasteiger partial charge in [0.1, 0.15) is 0 Å². The molecular weight excluding hydrogens is 356 g/mol. The van der Waals surface area contributed by atoms with Gasteiger partial charge in [0, 0.05) is 29.1 Å². The minimum Gasteiger partial charge on any atom is -0.322 e. The van der Waals surface area contributed by atoms with Gasteiger partial charge in [0.15, 0.2) is 9.84 Å². The maximum Gasteiger partial charge on any atom is 0.273 e. The molecule has 0 heterocycles. The van der Waals surface area contributed by atoms with Crippen molar-refractivity contribution >= 4 is 27.1 Å². The van der Waals surface area contributed by atoms with Crippen molar-refractivity contribution in [1.82, 2.24) is 0 Å². The summed E-state index contributed by atoms with van der Waals surface area (Å²) in [5, 5.41) is 14.0. The van der Waals surface area contributed by atoms with Crippen molar-refractivity contribution in [3.05, 3.63) is 63.7 Å². The lowest BCUT2D eigenvalue weighted by Gasteiger charge is -2.19. The molecule has 2 aromatic rings. The van der Waals surface area contributed by atoms with Crippen LogP contribution in [-0.2, 0) is 15.3 Å². The number of nitrogens with zero attached hydrogens (tertiary/aromatic N) is 1. The first kappa shape index (κ1) is 19.6. The highest BCUT2D eigenvalue weighted by atomic mass is 32.2. The number of nitro groups is 1. The van der Waals surface area contributed by atoms with Crippen LogP contribution < -0.4 is 5.32 Å². The number of sulfone groups is 1. The third-order valence-corrected chi connectivity index (χ3v) is 4.93. The topological polar surface area (TPSA) is 106 Å². The number of rotatable bonds is 4. The largest absolute Gasteiger partial charge is 0.322 e. The quantitative estimate of drug-likeness (QED) is 0.649. The van der Waals surface area contributed by atoms with Crippen LogP contribution in [0.15, 0.2) is 47.4 Å². The fourth-order valence-electron chi connectivity index (χ4n) is 2.45. The fraction of sp³-hybridized carbons (Fsp3) is 0.278. The van der Waals surface area contributed by atoms with Crippen molar-refractivity contribution in [3.63, 3.8) is 0 Å². The van der Waals surface area contributed by atoms with Gasteiger partial charge < -0.3 is 5.32 Å². The van der Waals surface area contributed by atoms with Crippen molar-refractivity contribution < 1.29 is 18.1 Å². The lowest BCUT2D eigenvalue weighted by molar-refractivity contribution is -0.386. The number of carbonyl (C=O) groups is 1. The number of benzene rings is 2. The summed E-state index contributed by atoms with van der Waals surface area (Å²) in [6, 6.07) is 10.1. The summed E-state index contributed by atoms with van der Waals surface area (Å²) in [6.07, 6.45) is 1.09. The van der Waals surface area contributed by atoms with E-state index in [0.29, 0.717) is 11.3 Å². The molecule has 8 heteroatoms. The molecule has 0 aromatic heterocycles. The first-order valence-corrected chi connectivity index (χ1v) is 9.69. The Bertz CT molecular complexity index is 958. The standard InChI is InChI=1S/C18H20N2O5S/c1-18(2,3)15-10-5-12(11-16(15)20(22)23)17(21)19-13-6-8-14(9-7-13)26(4,24)25/h5-11H,1-4H3,(H,19,21). The Morgan fingerprint density at radius 2 is 1.65 bits per heavy atom. The van der Waals surface area contributed by atoms with E-state index in [1.54, 1.807) is 6.07 Å². The zero-order valence-electron chi connectivity index (χ0n) is 14.9. The van der Waals surface area contributed by atoms with Gasteiger partial charge in [0.2, 0.25) is 0 Å². The van der Waals surface area contributed by atoms with Gasteiger partial charge in [0.05, 0.1) is 9.82 Å². The second kappa shape index (κ2) is 6.87. The third kappa shape index (κ3) is 4.45. The van der Waals surface area contributed by atoms with Crippen LogP contribution >= 0.6 is 0 Å². The number of nitro benzene ring substituents is 1. The lowest BCUT2D eigenvalue weighted by atomic mass is 9.85. The summed E-state index contributed by atoms with van der Waals surface area (Å²) < 4.78 is 22.9. The van der Waals surface area contributed by atoms with E-state index in [0.717, 1.165) is 6.26 Å². The van der Waals surface area contributed by atoms with Gasteiger partial charge in [-0.15, -0.1) is 0 Å². The minimum atomic E-state index is -3.32. The van der Waals surface area contributed by atoms with Crippen molar-refractivity contribution in [2.45, 2.75) is 31.1 Å². The van der Waals surface area contributed by atoms with Gasteiger partial charge in [-0.2, -0.15) is 0 Å². The van der Waals surface area contributed by atoms with E-state index in [2.05, 4.69) is 5.32 Å². The highest BCUT2D eigenvalue weighted by Crippen LogP contribution is 2.32. The average Bonchev–Trinajstić information content (AvgIpc) is 2.53. The number of hydrogen-bond donors (Lipinski definition) is 1. The van der Waals surface area contributed by atoms with Gasteiger partial charge in [-0.3, -0.25) is 14.9 Å². The molecule has 0 bridgehead atoms. The Morgan fingerprint density at radius 1 is 1.08 bits per heavy atom. The van der Waals surface area contributed by atoms with Crippen LogP contribution in [0.5, 0.6) is 0 Å². The van der Waals surface area contributed by atoms with Crippen LogP contribution in [0.25, 0.3) is 0 Å².